The molecule has 0 aliphatic carbocycles. The lowest BCUT2D eigenvalue weighted by Gasteiger charge is -2.03. The average Bonchev–Trinajstić information content (AvgIpc) is 2.56. The van der Waals surface area contributed by atoms with Gasteiger partial charge in [-0.2, -0.15) is 0 Å². The highest BCUT2D eigenvalue weighted by atomic mass is 16.5. The number of fused-ring (bicyclic) bond motifs is 1. The van der Waals surface area contributed by atoms with Gasteiger partial charge in [0.2, 0.25) is 11.0 Å². The molecule has 1 amide bonds. The first kappa shape index (κ1) is 9.45. The van der Waals surface area contributed by atoms with Gasteiger partial charge in [0, 0.05) is 14.1 Å². The van der Waals surface area contributed by atoms with E-state index in [1.165, 1.54) is 4.90 Å². The highest BCUT2D eigenvalue weighted by molar-refractivity contribution is 5.86. The van der Waals surface area contributed by atoms with E-state index in [1.54, 1.807) is 38.4 Å². The quantitative estimate of drug-likeness (QED) is 0.457. The van der Waals surface area contributed by atoms with Crippen molar-refractivity contribution in [3.8, 4) is 0 Å². The fourth-order valence-corrected chi connectivity index (χ4v) is 1.31. The number of aromatic nitrogens is 3. The summed E-state index contributed by atoms with van der Waals surface area (Å²) in [5.74, 6) is 0. The first-order chi connectivity index (χ1) is 7.11. The number of rotatable bonds is 0. The molecule has 1 aromatic heterocycles. The third-order valence-corrected chi connectivity index (χ3v) is 2.05. The van der Waals surface area contributed by atoms with Crippen molar-refractivity contribution in [1.29, 1.82) is 0 Å². The summed E-state index contributed by atoms with van der Waals surface area (Å²) >= 11 is 0. The zero-order valence-electron chi connectivity index (χ0n) is 8.41. The van der Waals surface area contributed by atoms with Gasteiger partial charge < -0.3 is 10.1 Å². The van der Waals surface area contributed by atoms with Gasteiger partial charge >= 0.3 is 6.03 Å². The first-order valence-corrected chi connectivity index (χ1v) is 4.40. The Bertz CT molecular complexity index is 518. The van der Waals surface area contributed by atoms with Crippen molar-refractivity contribution < 1.29 is 9.64 Å². The van der Waals surface area contributed by atoms with Crippen LogP contribution >= 0.6 is 0 Å². The highest BCUT2D eigenvalue weighted by Gasteiger charge is 2.22. The molecule has 15 heavy (non-hydrogen) atoms. The number of nitrogens with zero attached hydrogens (tertiary/aromatic N) is 4. The first-order valence-electron chi connectivity index (χ1n) is 4.40. The Morgan fingerprint density at radius 3 is 2.80 bits per heavy atom. The molecule has 6 nitrogen and oxygen atoms in total. The van der Waals surface area contributed by atoms with Crippen LogP contribution in [-0.4, -0.2) is 34.9 Å². The molecule has 0 fully saturated rings. The smallest absolute Gasteiger partial charge is 0.436 e. The van der Waals surface area contributed by atoms with Gasteiger partial charge in [0.05, 0.1) is 0 Å². The molecule has 1 heterocycles. The van der Waals surface area contributed by atoms with Crippen molar-refractivity contribution in [1.82, 2.24) is 14.8 Å². The molecule has 0 radical (unpaired) electrons. The zero-order valence-corrected chi connectivity index (χ0v) is 8.41. The van der Waals surface area contributed by atoms with Gasteiger partial charge in [0.25, 0.3) is 0 Å². The van der Waals surface area contributed by atoms with Gasteiger partial charge in [-0.3, -0.25) is 0 Å². The second-order valence-electron chi connectivity index (χ2n) is 3.34. The van der Waals surface area contributed by atoms with Crippen LogP contribution in [0.2, 0.25) is 0 Å². The monoisotopic (exact) mass is 206 g/mol. The standard InChI is InChI=1S/C9H10N4O2/c1-11(2)9(14)12-7-5-3-4-6-8(7)13(15)10-12/h3-6H,1-2H3. The van der Waals surface area contributed by atoms with Gasteiger partial charge in [-0.25, -0.2) is 4.79 Å². The van der Waals surface area contributed by atoms with Crippen LogP contribution in [0.15, 0.2) is 24.3 Å². The third kappa shape index (κ3) is 1.39. The van der Waals surface area contributed by atoms with Crippen molar-refractivity contribution >= 4 is 17.1 Å². The largest absolute Gasteiger partial charge is 0.691 e. The van der Waals surface area contributed by atoms with Crippen LogP contribution < -0.4 is 4.85 Å². The molecule has 2 rings (SSSR count). The molecular weight excluding hydrogens is 196 g/mol. The van der Waals surface area contributed by atoms with Crippen LogP contribution in [0.25, 0.3) is 11.0 Å². The summed E-state index contributed by atoms with van der Waals surface area (Å²) in [6.07, 6.45) is 0. The van der Waals surface area contributed by atoms with E-state index in [4.69, 9.17) is 0 Å². The van der Waals surface area contributed by atoms with E-state index in [9.17, 15) is 10.0 Å². The normalized spacial score (nSPS) is 10.5. The van der Waals surface area contributed by atoms with E-state index >= 15 is 0 Å². The number of hydrogen-bond acceptors (Lipinski definition) is 3. The zero-order chi connectivity index (χ0) is 11.0. The van der Waals surface area contributed by atoms with Crippen LogP contribution in [0, 0.1) is 5.21 Å². The van der Waals surface area contributed by atoms with E-state index in [0.29, 0.717) is 15.9 Å². The molecular formula is C9H10N4O2. The fourth-order valence-electron chi connectivity index (χ4n) is 1.31. The summed E-state index contributed by atoms with van der Waals surface area (Å²) in [7, 11) is 3.21. The van der Waals surface area contributed by atoms with E-state index < -0.39 is 0 Å². The molecule has 0 unspecified atom stereocenters. The molecule has 78 valence electrons. The van der Waals surface area contributed by atoms with E-state index in [0.717, 1.165) is 4.68 Å². The van der Waals surface area contributed by atoms with Crippen molar-refractivity contribution in [2.24, 2.45) is 0 Å². The maximum atomic E-state index is 11.6. The Morgan fingerprint density at radius 2 is 2.13 bits per heavy atom. The molecule has 0 N–H and O–H groups in total. The van der Waals surface area contributed by atoms with Crippen LogP contribution in [0.4, 0.5) is 4.79 Å². The number of hydrogen-bond donors (Lipinski definition) is 0. The molecule has 0 bridgehead atoms. The predicted molar refractivity (Wildman–Crippen MR) is 53.2 cm³/mol. The van der Waals surface area contributed by atoms with Crippen LogP contribution in [0.5, 0.6) is 0 Å². The minimum absolute atomic E-state index is 0.346. The fraction of sp³-hybridized carbons (Fsp3) is 0.222. The van der Waals surface area contributed by atoms with Crippen molar-refractivity contribution in [2.45, 2.75) is 0 Å². The Labute approximate surface area is 85.9 Å². The second-order valence-corrected chi connectivity index (χ2v) is 3.34. The van der Waals surface area contributed by atoms with Gasteiger partial charge in [0.1, 0.15) is 5.21 Å². The molecule has 6 heteroatoms. The van der Waals surface area contributed by atoms with Crippen LogP contribution in [-0.2, 0) is 0 Å². The minimum atomic E-state index is -0.346. The Hall–Kier alpha value is -2.11. The highest BCUT2D eigenvalue weighted by Crippen LogP contribution is 2.08. The number of para-hydroxylation sites is 2. The average molecular weight is 206 g/mol. The molecule has 1 aromatic carbocycles. The Morgan fingerprint density at radius 1 is 1.47 bits per heavy atom. The topological polar surface area (TPSA) is 65.1 Å². The summed E-state index contributed by atoms with van der Waals surface area (Å²) in [6.45, 7) is 0. The SMILES string of the molecule is CN(C)C(=O)n1n[n+]([O-])c2ccccc21. The number of amides is 1. The van der Waals surface area contributed by atoms with Crippen molar-refractivity contribution in [3.63, 3.8) is 0 Å². The molecule has 0 atom stereocenters. The lowest BCUT2D eigenvalue weighted by atomic mass is 10.3. The summed E-state index contributed by atoms with van der Waals surface area (Å²) in [4.78, 5) is 13.4. The maximum absolute atomic E-state index is 11.6. The maximum Gasteiger partial charge on any atom is 0.436 e. The number of carbonyl (C=O) groups is 1. The molecule has 0 spiro atoms. The van der Waals surface area contributed by atoms with Crippen LogP contribution in [0.3, 0.4) is 0 Å². The van der Waals surface area contributed by atoms with Gasteiger partial charge in [-0.15, -0.1) is 4.85 Å². The molecule has 0 aliphatic heterocycles. The molecule has 0 saturated carbocycles. The van der Waals surface area contributed by atoms with E-state index in [2.05, 4.69) is 5.21 Å². The Balaban J connectivity index is 2.67. The summed E-state index contributed by atoms with van der Waals surface area (Å²) in [6, 6.07) is 6.43. The second kappa shape index (κ2) is 3.23. The van der Waals surface area contributed by atoms with Gasteiger partial charge in [-0.1, -0.05) is 12.1 Å². The summed E-state index contributed by atoms with van der Waals surface area (Å²) in [5, 5.41) is 14.9. The number of benzene rings is 1. The van der Waals surface area contributed by atoms with E-state index in [-0.39, 0.29) is 6.03 Å². The van der Waals surface area contributed by atoms with E-state index in [1.807, 2.05) is 0 Å². The summed E-state index contributed by atoms with van der Waals surface area (Å²) < 4.78 is 1.09. The lowest BCUT2D eigenvalue weighted by Crippen LogP contribution is -2.34. The van der Waals surface area contributed by atoms with Crippen LogP contribution in [0.1, 0.15) is 0 Å². The van der Waals surface area contributed by atoms with Gasteiger partial charge in [-0.05, 0) is 16.8 Å². The molecule has 2 aromatic rings. The third-order valence-electron chi connectivity index (χ3n) is 2.05. The van der Waals surface area contributed by atoms with Crippen molar-refractivity contribution in [3.05, 3.63) is 29.5 Å². The number of carbonyl (C=O) groups excluding carboxylic acids is 1. The van der Waals surface area contributed by atoms with Gasteiger partial charge in [0.15, 0.2) is 0 Å². The molecule has 0 aliphatic rings. The minimum Gasteiger partial charge on any atom is -0.691 e. The predicted octanol–water partition coefficient (Wildman–Crippen LogP) is 0.199. The summed E-state index contributed by atoms with van der Waals surface area (Å²) in [5.41, 5.74) is 0.888. The lowest BCUT2D eigenvalue weighted by molar-refractivity contribution is -0.645. The van der Waals surface area contributed by atoms with Crippen molar-refractivity contribution in [2.75, 3.05) is 14.1 Å². The molecule has 0 saturated heterocycles. The Kier molecular flexibility index (Phi) is 2.03.